The van der Waals surface area contributed by atoms with Crippen LogP contribution in [0.4, 0.5) is 4.79 Å². The maximum absolute atomic E-state index is 12.4. The lowest BCUT2D eigenvalue weighted by Gasteiger charge is -2.33. The minimum absolute atomic E-state index is 0.00919. The van der Waals surface area contributed by atoms with Crippen molar-refractivity contribution in [1.29, 1.82) is 0 Å². The second kappa shape index (κ2) is 7.27. The molecule has 2 amide bonds. The van der Waals surface area contributed by atoms with Gasteiger partial charge in [-0.25, -0.2) is 4.79 Å². The van der Waals surface area contributed by atoms with Crippen molar-refractivity contribution in [3.05, 3.63) is 0 Å². The highest BCUT2D eigenvalue weighted by Crippen LogP contribution is 2.42. The molecule has 3 rings (SSSR count). The summed E-state index contributed by atoms with van der Waals surface area (Å²) in [4.78, 5) is 24.7. The number of ether oxygens (including phenoxy) is 1. The predicted octanol–water partition coefficient (Wildman–Crippen LogP) is 2.14. The van der Waals surface area contributed by atoms with Crippen molar-refractivity contribution in [3.63, 3.8) is 0 Å². The highest BCUT2D eigenvalue weighted by Gasteiger charge is 2.55. The van der Waals surface area contributed by atoms with Gasteiger partial charge in [0.2, 0.25) is 0 Å². The lowest BCUT2D eigenvalue weighted by molar-refractivity contribution is -0.137. The van der Waals surface area contributed by atoms with Gasteiger partial charge in [-0.1, -0.05) is 6.42 Å². The van der Waals surface area contributed by atoms with Crippen molar-refractivity contribution in [3.8, 4) is 0 Å². The third-order valence-corrected chi connectivity index (χ3v) is 6.38. The van der Waals surface area contributed by atoms with Crippen LogP contribution in [0.5, 0.6) is 0 Å². The van der Waals surface area contributed by atoms with Crippen LogP contribution in [0.1, 0.15) is 44.9 Å². The lowest BCUT2D eigenvalue weighted by atomic mass is 10.0. The quantitative estimate of drug-likeness (QED) is 0.436. The van der Waals surface area contributed by atoms with E-state index in [1.54, 1.807) is 16.7 Å². The number of amides is 2. The van der Waals surface area contributed by atoms with Crippen LogP contribution in [0.15, 0.2) is 0 Å². The number of carbonyl (C=O) groups excluding carboxylic acids is 1. The summed E-state index contributed by atoms with van der Waals surface area (Å²) in [6, 6.07) is -0.560. The molecular weight excluding hydrogens is 320 g/mol. The van der Waals surface area contributed by atoms with E-state index >= 15 is 0 Å². The Hall–Kier alpha value is -0.990. The van der Waals surface area contributed by atoms with Crippen LogP contribution in [0.2, 0.25) is 0 Å². The summed E-state index contributed by atoms with van der Waals surface area (Å²) in [5.41, 5.74) is 0. The second-order valence-electron chi connectivity index (χ2n) is 6.42. The zero-order valence-electron chi connectivity index (χ0n) is 13.1. The Balaban J connectivity index is 1.59. The van der Waals surface area contributed by atoms with Gasteiger partial charge in [0, 0.05) is 24.0 Å². The van der Waals surface area contributed by atoms with Crippen LogP contribution in [0.3, 0.4) is 0 Å². The molecule has 4 atom stereocenters. The van der Waals surface area contributed by atoms with E-state index in [0.29, 0.717) is 13.0 Å². The van der Waals surface area contributed by atoms with E-state index < -0.39 is 5.97 Å². The number of thioether (sulfide) groups is 1. The third kappa shape index (κ3) is 3.44. The van der Waals surface area contributed by atoms with Crippen molar-refractivity contribution in [2.75, 3.05) is 12.4 Å². The van der Waals surface area contributed by atoms with Crippen LogP contribution in [-0.4, -0.2) is 68.2 Å². The molecule has 8 heteroatoms. The average molecular weight is 344 g/mol. The van der Waals surface area contributed by atoms with E-state index in [1.807, 2.05) is 0 Å². The number of aliphatic carboxylic acids is 1. The van der Waals surface area contributed by atoms with E-state index in [9.17, 15) is 14.8 Å². The summed E-state index contributed by atoms with van der Waals surface area (Å²) in [5.74, 6) is 0.0270. The number of rotatable bonds is 6. The van der Waals surface area contributed by atoms with Gasteiger partial charge in [0.05, 0.1) is 12.1 Å². The maximum Gasteiger partial charge on any atom is 0.346 e. The van der Waals surface area contributed by atoms with Crippen molar-refractivity contribution < 1.29 is 24.6 Å². The molecule has 0 saturated carbocycles. The maximum atomic E-state index is 12.4. The van der Waals surface area contributed by atoms with Crippen molar-refractivity contribution in [2.45, 2.75) is 68.5 Å². The molecule has 0 spiro atoms. The standard InChI is InChI=1S/C15H24N2O5S/c18-13(19)7-2-1-5-11-14-10(9-23-11)16(15(20)17(14)21)12-6-3-4-8-22-12/h10-12,14,21H,1-9H2,(H,18,19)/t10-,11-,12?,14-/m1/s1. The molecule has 7 nitrogen and oxygen atoms in total. The number of unbranched alkanes of at least 4 members (excludes halogenated alkanes) is 1. The highest BCUT2D eigenvalue weighted by molar-refractivity contribution is 8.00. The zero-order chi connectivity index (χ0) is 16.4. The molecule has 23 heavy (non-hydrogen) atoms. The first-order chi connectivity index (χ1) is 11.1. The molecule has 3 saturated heterocycles. The van der Waals surface area contributed by atoms with E-state index in [4.69, 9.17) is 9.84 Å². The fraction of sp³-hybridized carbons (Fsp3) is 0.867. The van der Waals surface area contributed by atoms with E-state index in [2.05, 4.69) is 0 Å². The van der Waals surface area contributed by atoms with Crippen molar-refractivity contribution in [1.82, 2.24) is 9.96 Å². The predicted molar refractivity (Wildman–Crippen MR) is 84.4 cm³/mol. The average Bonchev–Trinajstić information content (AvgIpc) is 3.05. The second-order valence-corrected chi connectivity index (χ2v) is 7.70. The Morgan fingerprint density at radius 2 is 2.17 bits per heavy atom. The van der Waals surface area contributed by atoms with Gasteiger partial charge in [-0.05, 0) is 32.1 Å². The number of carbonyl (C=O) groups is 2. The Morgan fingerprint density at radius 1 is 1.35 bits per heavy atom. The number of carboxylic acids is 1. The van der Waals surface area contributed by atoms with Crippen LogP contribution in [0, 0.1) is 0 Å². The Bertz CT molecular complexity index is 457. The first-order valence-electron chi connectivity index (χ1n) is 8.35. The topological polar surface area (TPSA) is 90.3 Å². The number of fused-ring (bicyclic) bond motifs is 1. The Morgan fingerprint density at radius 3 is 2.87 bits per heavy atom. The molecule has 0 aromatic rings. The summed E-state index contributed by atoms with van der Waals surface area (Å²) in [5, 5.41) is 20.0. The van der Waals surface area contributed by atoms with Crippen LogP contribution in [0.25, 0.3) is 0 Å². The van der Waals surface area contributed by atoms with Crippen molar-refractivity contribution >= 4 is 23.8 Å². The number of carboxylic acid groups (broad SMARTS) is 1. The highest BCUT2D eigenvalue weighted by atomic mass is 32.2. The number of hydroxylamine groups is 2. The van der Waals surface area contributed by atoms with Gasteiger partial charge in [-0.2, -0.15) is 16.8 Å². The largest absolute Gasteiger partial charge is 0.481 e. The van der Waals surface area contributed by atoms with Gasteiger partial charge in [0.15, 0.2) is 0 Å². The SMILES string of the molecule is O=C(O)CCCC[C@H]1SC[C@@H]2[C@H]1N(O)C(=O)N2C1CCCCO1. The number of hydrogen-bond acceptors (Lipinski definition) is 5. The first-order valence-corrected chi connectivity index (χ1v) is 9.40. The molecule has 0 aromatic carbocycles. The van der Waals surface area contributed by atoms with Gasteiger partial charge in [0.1, 0.15) is 6.23 Å². The summed E-state index contributed by atoms with van der Waals surface area (Å²) < 4.78 is 5.74. The molecule has 0 bridgehead atoms. The molecule has 1 unspecified atom stereocenters. The van der Waals surface area contributed by atoms with Crippen LogP contribution in [-0.2, 0) is 9.53 Å². The van der Waals surface area contributed by atoms with Gasteiger partial charge < -0.3 is 9.84 Å². The zero-order valence-corrected chi connectivity index (χ0v) is 13.9. The lowest BCUT2D eigenvalue weighted by Crippen LogP contribution is -2.46. The van der Waals surface area contributed by atoms with E-state index in [0.717, 1.165) is 42.9 Å². The van der Waals surface area contributed by atoms with E-state index in [-0.39, 0.29) is 36.0 Å². The minimum Gasteiger partial charge on any atom is -0.481 e. The number of nitrogens with zero attached hydrogens (tertiary/aromatic N) is 2. The normalized spacial score (nSPS) is 34.0. The number of urea groups is 1. The minimum atomic E-state index is -0.776. The van der Waals surface area contributed by atoms with Gasteiger partial charge in [-0.3, -0.25) is 14.9 Å². The van der Waals surface area contributed by atoms with E-state index in [1.165, 1.54) is 0 Å². The summed E-state index contributed by atoms with van der Waals surface area (Å²) in [7, 11) is 0. The monoisotopic (exact) mass is 344 g/mol. The molecule has 3 heterocycles. The fourth-order valence-corrected chi connectivity index (χ4v) is 5.41. The molecular formula is C15H24N2O5S. The van der Waals surface area contributed by atoms with Crippen LogP contribution < -0.4 is 0 Å². The van der Waals surface area contributed by atoms with Gasteiger partial charge in [0.25, 0.3) is 0 Å². The summed E-state index contributed by atoms with van der Waals surface area (Å²) in [6.45, 7) is 0.670. The first kappa shape index (κ1) is 16.9. The van der Waals surface area contributed by atoms with Crippen molar-refractivity contribution in [2.24, 2.45) is 0 Å². The molecule has 3 fully saturated rings. The molecule has 130 valence electrons. The number of hydrogen-bond donors (Lipinski definition) is 2. The van der Waals surface area contributed by atoms with Crippen LogP contribution >= 0.6 is 11.8 Å². The Kier molecular flexibility index (Phi) is 5.33. The fourth-order valence-electron chi connectivity index (χ4n) is 3.78. The molecule has 0 radical (unpaired) electrons. The molecule has 2 N–H and O–H groups in total. The smallest absolute Gasteiger partial charge is 0.346 e. The summed E-state index contributed by atoms with van der Waals surface area (Å²) in [6.07, 6.45) is 5.12. The van der Waals surface area contributed by atoms with Gasteiger partial charge >= 0.3 is 12.0 Å². The summed E-state index contributed by atoms with van der Waals surface area (Å²) >= 11 is 1.77. The molecule has 3 aliphatic rings. The van der Waals surface area contributed by atoms with Gasteiger partial charge in [-0.15, -0.1) is 0 Å². The Labute approximate surface area is 139 Å². The molecule has 3 aliphatic heterocycles. The molecule has 0 aromatic heterocycles. The third-order valence-electron chi connectivity index (χ3n) is 4.91. The molecule has 0 aliphatic carbocycles.